The molecule has 22 heavy (non-hydrogen) atoms. The Kier molecular flexibility index (Phi) is 4.05. The van der Waals surface area contributed by atoms with Crippen molar-refractivity contribution in [1.29, 1.82) is 0 Å². The van der Waals surface area contributed by atoms with Gasteiger partial charge in [-0.2, -0.15) is 0 Å². The Hall–Kier alpha value is -2.04. The smallest absolute Gasteiger partial charge is 0.254 e. The summed E-state index contributed by atoms with van der Waals surface area (Å²) in [5.74, 6) is 0.299. The molecule has 0 bridgehead atoms. The number of aromatic hydroxyl groups is 1. The van der Waals surface area contributed by atoms with Crippen LogP contribution in [0.5, 0.6) is 5.75 Å². The van der Waals surface area contributed by atoms with Crippen molar-refractivity contribution in [2.24, 2.45) is 0 Å². The lowest BCUT2D eigenvalue weighted by molar-refractivity contribution is -0.130. The Morgan fingerprint density at radius 1 is 1.27 bits per heavy atom. The first kappa shape index (κ1) is 14.9. The maximum atomic E-state index is 12.6. The fraction of sp³-hybridized carbons (Fsp3) is 0.529. The minimum absolute atomic E-state index is 0.0633. The van der Waals surface area contributed by atoms with E-state index in [0.29, 0.717) is 25.1 Å². The number of benzene rings is 1. The van der Waals surface area contributed by atoms with Gasteiger partial charge in [-0.15, -0.1) is 0 Å². The van der Waals surface area contributed by atoms with Crippen molar-refractivity contribution in [3.63, 3.8) is 0 Å². The lowest BCUT2D eigenvalue weighted by Gasteiger charge is -2.37. The number of phenols is 1. The number of phenolic OH excluding ortho intramolecular Hbond substituents is 1. The van der Waals surface area contributed by atoms with Crippen molar-refractivity contribution >= 4 is 11.8 Å². The number of likely N-dealkylation sites (tertiary alicyclic amines) is 2. The van der Waals surface area contributed by atoms with Gasteiger partial charge >= 0.3 is 0 Å². The van der Waals surface area contributed by atoms with E-state index >= 15 is 0 Å². The van der Waals surface area contributed by atoms with Crippen LogP contribution in [0.2, 0.25) is 0 Å². The van der Waals surface area contributed by atoms with Crippen LogP contribution in [-0.2, 0) is 4.79 Å². The van der Waals surface area contributed by atoms with E-state index in [2.05, 4.69) is 0 Å². The molecule has 118 valence electrons. The second kappa shape index (κ2) is 5.99. The summed E-state index contributed by atoms with van der Waals surface area (Å²) < 4.78 is 0. The zero-order valence-electron chi connectivity index (χ0n) is 12.9. The van der Waals surface area contributed by atoms with E-state index in [-0.39, 0.29) is 23.6 Å². The monoisotopic (exact) mass is 302 g/mol. The van der Waals surface area contributed by atoms with Gasteiger partial charge in [0.05, 0.1) is 0 Å². The summed E-state index contributed by atoms with van der Waals surface area (Å²) in [6.45, 7) is 3.93. The quantitative estimate of drug-likeness (QED) is 0.908. The van der Waals surface area contributed by atoms with Crippen molar-refractivity contribution < 1.29 is 14.7 Å². The number of aryl methyl sites for hydroxylation is 1. The molecule has 2 heterocycles. The topological polar surface area (TPSA) is 60.9 Å². The molecule has 1 N–H and O–H groups in total. The Morgan fingerprint density at radius 3 is 2.77 bits per heavy atom. The van der Waals surface area contributed by atoms with E-state index in [4.69, 9.17) is 0 Å². The average Bonchev–Trinajstić information content (AvgIpc) is 2.95. The van der Waals surface area contributed by atoms with E-state index in [1.165, 1.54) is 6.07 Å². The van der Waals surface area contributed by atoms with Crippen molar-refractivity contribution in [2.45, 2.75) is 38.6 Å². The Bertz CT molecular complexity index is 600. The second-order valence-electron chi connectivity index (χ2n) is 6.24. The summed E-state index contributed by atoms with van der Waals surface area (Å²) in [4.78, 5) is 28.3. The Balaban J connectivity index is 1.72. The molecule has 2 fully saturated rings. The molecule has 0 saturated carbocycles. The summed E-state index contributed by atoms with van der Waals surface area (Å²) in [7, 11) is 0. The van der Waals surface area contributed by atoms with Crippen molar-refractivity contribution in [3.05, 3.63) is 29.3 Å². The molecule has 1 aromatic rings. The van der Waals surface area contributed by atoms with E-state index < -0.39 is 0 Å². The summed E-state index contributed by atoms with van der Waals surface area (Å²) in [6.07, 6.45) is 3.44. The van der Waals surface area contributed by atoms with Gasteiger partial charge in [0.15, 0.2) is 0 Å². The molecule has 2 aliphatic rings. The zero-order valence-corrected chi connectivity index (χ0v) is 12.9. The van der Waals surface area contributed by atoms with Gasteiger partial charge in [-0.05, 0) is 43.9 Å². The predicted molar refractivity (Wildman–Crippen MR) is 82.7 cm³/mol. The number of hydrogen-bond acceptors (Lipinski definition) is 3. The van der Waals surface area contributed by atoms with E-state index in [1.54, 1.807) is 19.1 Å². The maximum Gasteiger partial charge on any atom is 0.254 e. The van der Waals surface area contributed by atoms with Gasteiger partial charge in [-0.25, -0.2) is 0 Å². The molecule has 1 atom stereocenters. The summed E-state index contributed by atoms with van der Waals surface area (Å²) in [5, 5.41) is 9.78. The molecule has 1 aromatic carbocycles. The number of rotatable bonds is 2. The molecule has 5 nitrogen and oxygen atoms in total. The van der Waals surface area contributed by atoms with E-state index in [9.17, 15) is 14.7 Å². The van der Waals surface area contributed by atoms with Crippen LogP contribution in [0.1, 0.15) is 41.6 Å². The third kappa shape index (κ3) is 2.80. The minimum Gasteiger partial charge on any atom is -0.508 e. The molecular formula is C17H22N2O3. The maximum absolute atomic E-state index is 12.6. The van der Waals surface area contributed by atoms with E-state index in [0.717, 1.165) is 31.4 Å². The lowest BCUT2D eigenvalue weighted by atomic mass is 10.0. The Labute approximate surface area is 130 Å². The van der Waals surface area contributed by atoms with Crippen molar-refractivity contribution in [3.8, 4) is 5.75 Å². The minimum atomic E-state index is -0.0633. The van der Waals surface area contributed by atoms with Crippen molar-refractivity contribution in [2.75, 3.05) is 19.6 Å². The number of hydrogen-bond donors (Lipinski definition) is 1. The first-order valence-corrected chi connectivity index (χ1v) is 7.94. The van der Waals surface area contributed by atoms with Gasteiger partial charge in [0, 0.05) is 37.7 Å². The predicted octanol–water partition coefficient (Wildman–Crippen LogP) is 1.93. The van der Waals surface area contributed by atoms with Gasteiger partial charge in [0.1, 0.15) is 5.75 Å². The average molecular weight is 302 g/mol. The van der Waals surface area contributed by atoms with Crippen LogP contribution in [-0.4, -0.2) is 52.4 Å². The fourth-order valence-electron chi connectivity index (χ4n) is 3.37. The van der Waals surface area contributed by atoms with Crippen LogP contribution in [0.15, 0.2) is 18.2 Å². The number of nitrogens with zero attached hydrogens (tertiary/aromatic N) is 2. The van der Waals surface area contributed by atoms with Crippen LogP contribution >= 0.6 is 0 Å². The van der Waals surface area contributed by atoms with Gasteiger partial charge in [-0.1, -0.05) is 6.07 Å². The van der Waals surface area contributed by atoms with Crippen LogP contribution in [0, 0.1) is 6.92 Å². The first-order chi connectivity index (χ1) is 10.6. The highest BCUT2D eigenvalue weighted by molar-refractivity contribution is 5.95. The molecule has 0 aromatic heterocycles. The number of carbonyl (C=O) groups is 2. The fourth-order valence-corrected chi connectivity index (χ4v) is 3.37. The van der Waals surface area contributed by atoms with Gasteiger partial charge < -0.3 is 14.9 Å². The van der Waals surface area contributed by atoms with Crippen LogP contribution in [0.25, 0.3) is 0 Å². The van der Waals surface area contributed by atoms with Gasteiger partial charge in [0.25, 0.3) is 5.91 Å². The van der Waals surface area contributed by atoms with E-state index in [1.807, 2.05) is 9.80 Å². The number of amides is 2. The summed E-state index contributed by atoms with van der Waals surface area (Å²) >= 11 is 0. The summed E-state index contributed by atoms with van der Waals surface area (Å²) in [6, 6.07) is 5.19. The van der Waals surface area contributed by atoms with Crippen molar-refractivity contribution in [1.82, 2.24) is 9.80 Å². The number of carbonyl (C=O) groups excluding carboxylic acids is 2. The molecule has 0 unspecified atom stereocenters. The van der Waals surface area contributed by atoms with Crippen LogP contribution in [0.3, 0.4) is 0 Å². The number of piperidine rings is 1. The third-order valence-electron chi connectivity index (χ3n) is 4.69. The molecular weight excluding hydrogens is 280 g/mol. The Morgan fingerprint density at radius 2 is 2.09 bits per heavy atom. The largest absolute Gasteiger partial charge is 0.508 e. The van der Waals surface area contributed by atoms with Crippen LogP contribution < -0.4 is 0 Å². The molecule has 0 radical (unpaired) electrons. The molecule has 5 heteroatoms. The lowest BCUT2D eigenvalue weighted by Crippen LogP contribution is -2.50. The molecule has 2 aliphatic heterocycles. The highest BCUT2D eigenvalue weighted by atomic mass is 16.3. The molecule has 2 amide bonds. The van der Waals surface area contributed by atoms with Crippen LogP contribution in [0.4, 0.5) is 0 Å². The highest BCUT2D eigenvalue weighted by Crippen LogP contribution is 2.24. The second-order valence-corrected chi connectivity index (χ2v) is 6.24. The highest BCUT2D eigenvalue weighted by Gasteiger charge is 2.33. The SMILES string of the molecule is Cc1ccc(C(=O)N2CCC[C@@H](N3CCCC3=O)C2)cc1O. The zero-order chi connectivity index (χ0) is 15.7. The van der Waals surface area contributed by atoms with Gasteiger partial charge in [0.2, 0.25) is 5.91 Å². The molecule has 0 spiro atoms. The molecule has 3 rings (SSSR count). The molecule has 2 saturated heterocycles. The third-order valence-corrected chi connectivity index (χ3v) is 4.69. The van der Waals surface area contributed by atoms with Gasteiger partial charge in [-0.3, -0.25) is 9.59 Å². The summed E-state index contributed by atoms with van der Waals surface area (Å²) in [5.41, 5.74) is 1.27. The first-order valence-electron chi connectivity index (χ1n) is 7.94. The molecule has 0 aliphatic carbocycles. The normalized spacial score (nSPS) is 22.2. The standard InChI is InChI=1S/C17H22N2O3/c1-12-6-7-13(10-15(12)20)17(22)18-8-2-4-14(11-18)19-9-3-5-16(19)21/h6-7,10,14,20H,2-5,8-9,11H2,1H3/t14-/m1/s1.